The number of hydrogen-bond donors (Lipinski definition) is 6. The molecule has 2 atom stereocenters. The van der Waals surface area contributed by atoms with Gasteiger partial charge in [-0.15, -0.1) is 11.8 Å². The smallest absolute Gasteiger partial charge is 0.321 e. The Kier molecular flexibility index (Phi) is 14.3. The average molecular weight is 700 g/mol. The zero-order valence-electron chi connectivity index (χ0n) is 28.3. The van der Waals surface area contributed by atoms with Gasteiger partial charge in [0.2, 0.25) is 11.9 Å². The van der Waals surface area contributed by atoms with Gasteiger partial charge in [-0.3, -0.25) is 24.2 Å². The number of anilines is 2. The number of aliphatic carboxylic acids is 2. The highest BCUT2D eigenvalue weighted by atomic mass is 32.2. The van der Waals surface area contributed by atoms with Crippen LogP contribution in [0.2, 0.25) is 0 Å². The summed E-state index contributed by atoms with van der Waals surface area (Å²) in [6.07, 6.45) is 4.93. The van der Waals surface area contributed by atoms with Crippen molar-refractivity contribution in [2.24, 2.45) is 5.73 Å². The Balaban J connectivity index is 1.27. The highest BCUT2D eigenvalue weighted by Gasteiger charge is 2.25. The molecule has 0 aliphatic carbocycles. The van der Waals surface area contributed by atoms with Crippen molar-refractivity contribution < 1.29 is 29.3 Å². The minimum Gasteiger partial charge on any atom is -0.496 e. The summed E-state index contributed by atoms with van der Waals surface area (Å²) in [5, 5.41) is 23.5. The molecular formula is C33H49N9O6S. The summed E-state index contributed by atoms with van der Waals surface area (Å²) in [5.74, 6) is -1.01. The number of piperazine rings is 1. The molecule has 0 bridgehead atoms. The number of carbonyl (C=O) groups excluding carboxylic acids is 1. The number of hydrogen-bond acceptors (Lipinski definition) is 12. The first-order valence-corrected chi connectivity index (χ1v) is 17.7. The van der Waals surface area contributed by atoms with E-state index in [4.69, 9.17) is 21.3 Å². The standard InChI is InChI=1S/C33H49N9O6S/c1-3-4-5-9-36-30-29-25(38-33(35)39-30)8-11-42(29)20-23-7-6-22(17-26(23)48-2)19-41-15-13-40(14-16-41)12-10-37-31(45)27(18-28(43)44)49-21-24(34)32(46)47/h6-8,11,17,24,27H,3-5,9-10,12-16,18-21,34H2,1-2H3,(H,37,45)(H,43,44)(H,46,47)(H3,35,36,38,39)/t24-,27?/m0/s1. The summed E-state index contributed by atoms with van der Waals surface area (Å²) in [7, 11) is 1.69. The third-order valence-electron chi connectivity index (χ3n) is 8.44. The molecule has 15 nitrogen and oxygen atoms in total. The lowest BCUT2D eigenvalue weighted by molar-refractivity contribution is -0.138. The minimum atomic E-state index is -1.19. The normalized spacial score (nSPS) is 15.2. The number of fused-ring (bicyclic) bond motifs is 1. The zero-order chi connectivity index (χ0) is 35.3. The first-order valence-electron chi connectivity index (χ1n) is 16.6. The Morgan fingerprint density at radius 2 is 1.80 bits per heavy atom. The number of amides is 1. The van der Waals surface area contributed by atoms with Gasteiger partial charge in [-0.2, -0.15) is 4.98 Å². The minimum absolute atomic E-state index is 0.0508. The van der Waals surface area contributed by atoms with Crippen molar-refractivity contribution in [2.45, 2.75) is 57.0 Å². The van der Waals surface area contributed by atoms with Crippen LogP contribution in [-0.2, 0) is 27.5 Å². The summed E-state index contributed by atoms with van der Waals surface area (Å²) in [6.45, 7) is 8.72. The second kappa shape index (κ2) is 18.6. The fraction of sp³-hybridized carbons (Fsp3) is 0.545. The summed E-state index contributed by atoms with van der Waals surface area (Å²) in [4.78, 5) is 48.4. The van der Waals surface area contributed by atoms with E-state index < -0.39 is 35.6 Å². The third kappa shape index (κ3) is 11.2. The molecule has 16 heteroatoms. The number of benzene rings is 1. The molecule has 1 saturated heterocycles. The number of carboxylic acids is 2. The van der Waals surface area contributed by atoms with Crippen molar-refractivity contribution in [1.82, 2.24) is 29.7 Å². The molecule has 1 fully saturated rings. The molecule has 268 valence electrons. The van der Waals surface area contributed by atoms with Crippen LogP contribution in [0.1, 0.15) is 43.7 Å². The number of nitrogens with two attached hydrogens (primary N) is 2. The molecule has 1 amide bonds. The van der Waals surface area contributed by atoms with Crippen LogP contribution in [0.15, 0.2) is 30.5 Å². The molecule has 2 aromatic heterocycles. The maximum absolute atomic E-state index is 12.6. The number of methoxy groups -OCH3 is 1. The molecule has 8 N–H and O–H groups in total. The van der Waals surface area contributed by atoms with Crippen LogP contribution in [0.25, 0.3) is 11.0 Å². The molecular weight excluding hydrogens is 650 g/mol. The monoisotopic (exact) mass is 699 g/mol. The Morgan fingerprint density at radius 3 is 2.49 bits per heavy atom. The van der Waals surface area contributed by atoms with Crippen LogP contribution in [0, 0.1) is 0 Å². The van der Waals surface area contributed by atoms with Crippen LogP contribution in [0.5, 0.6) is 5.75 Å². The lowest BCUT2D eigenvalue weighted by atomic mass is 10.1. The SMILES string of the molecule is CCCCCNc1nc(N)nc2ccn(Cc3ccc(CN4CCN(CCNC(=O)C(CC(=O)O)SC[C@H](N)C(=O)O)CC4)cc3OC)c12. The maximum atomic E-state index is 12.6. The molecule has 0 radical (unpaired) electrons. The van der Waals surface area contributed by atoms with E-state index in [1.165, 1.54) is 0 Å². The van der Waals surface area contributed by atoms with Crippen LogP contribution < -0.4 is 26.8 Å². The van der Waals surface area contributed by atoms with Crippen LogP contribution in [-0.4, -0.2) is 122 Å². The van der Waals surface area contributed by atoms with E-state index in [0.29, 0.717) is 19.6 Å². The number of nitrogens with one attached hydrogen (secondary N) is 2. The van der Waals surface area contributed by atoms with Crippen molar-refractivity contribution in [1.29, 1.82) is 0 Å². The van der Waals surface area contributed by atoms with Gasteiger partial charge in [0.15, 0.2) is 5.82 Å². The molecule has 1 aliphatic rings. The van der Waals surface area contributed by atoms with E-state index in [-0.39, 0.29) is 11.7 Å². The Labute approximate surface area is 290 Å². The summed E-state index contributed by atoms with van der Waals surface area (Å²) in [5.41, 5.74) is 15.4. The maximum Gasteiger partial charge on any atom is 0.321 e. The molecule has 3 heterocycles. The molecule has 0 saturated carbocycles. The quantitative estimate of drug-likeness (QED) is 0.0930. The van der Waals surface area contributed by atoms with Gasteiger partial charge in [-0.25, -0.2) is 4.98 Å². The largest absolute Gasteiger partial charge is 0.496 e. The molecule has 1 aromatic carbocycles. The van der Waals surface area contributed by atoms with Crippen molar-refractivity contribution in [2.75, 3.05) is 69.7 Å². The number of thioether (sulfide) groups is 1. The van der Waals surface area contributed by atoms with Gasteiger partial charge in [-0.1, -0.05) is 31.9 Å². The predicted molar refractivity (Wildman–Crippen MR) is 191 cm³/mol. The fourth-order valence-corrected chi connectivity index (χ4v) is 6.80. The fourth-order valence-electron chi connectivity index (χ4n) is 5.72. The second-order valence-corrected chi connectivity index (χ2v) is 13.4. The second-order valence-electron chi connectivity index (χ2n) is 12.2. The van der Waals surface area contributed by atoms with E-state index in [1.807, 2.05) is 12.3 Å². The number of unbranched alkanes of at least 4 members (excludes halogenated alkanes) is 2. The van der Waals surface area contributed by atoms with Gasteiger partial charge < -0.3 is 41.6 Å². The number of carbonyl (C=O) groups is 3. The van der Waals surface area contributed by atoms with Gasteiger partial charge in [-0.05, 0) is 24.1 Å². The lowest BCUT2D eigenvalue weighted by Gasteiger charge is -2.34. The highest BCUT2D eigenvalue weighted by Crippen LogP contribution is 2.27. The number of rotatable bonds is 20. The predicted octanol–water partition coefficient (Wildman–Crippen LogP) is 1.89. The van der Waals surface area contributed by atoms with Crippen LogP contribution >= 0.6 is 11.8 Å². The van der Waals surface area contributed by atoms with E-state index >= 15 is 0 Å². The molecule has 49 heavy (non-hydrogen) atoms. The van der Waals surface area contributed by atoms with E-state index in [0.717, 1.165) is 104 Å². The van der Waals surface area contributed by atoms with Gasteiger partial charge >= 0.3 is 11.9 Å². The first kappa shape index (κ1) is 37.7. The third-order valence-corrected chi connectivity index (χ3v) is 9.77. The van der Waals surface area contributed by atoms with Crippen molar-refractivity contribution in [3.63, 3.8) is 0 Å². The molecule has 1 aliphatic heterocycles. The van der Waals surface area contributed by atoms with Gasteiger partial charge in [0.05, 0.1) is 30.8 Å². The zero-order valence-corrected chi connectivity index (χ0v) is 29.1. The number of ether oxygens (including phenoxy) is 1. The van der Waals surface area contributed by atoms with Crippen LogP contribution in [0.3, 0.4) is 0 Å². The van der Waals surface area contributed by atoms with Gasteiger partial charge in [0.1, 0.15) is 17.3 Å². The average Bonchev–Trinajstić information content (AvgIpc) is 3.48. The van der Waals surface area contributed by atoms with E-state index in [9.17, 15) is 19.5 Å². The van der Waals surface area contributed by atoms with E-state index in [2.05, 4.69) is 60.1 Å². The van der Waals surface area contributed by atoms with Crippen LogP contribution in [0.4, 0.5) is 11.8 Å². The number of aromatic nitrogens is 3. The number of nitrogens with zero attached hydrogens (tertiary/aromatic N) is 5. The summed E-state index contributed by atoms with van der Waals surface area (Å²) < 4.78 is 7.95. The van der Waals surface area contributed by atoms with E-state index in [1.54, 1.807) is 7.11 Å². The molecule has 0 spiro atoms. The van der Waals surface area contributed by atoms with Crippen molar-refractivity contribution >= 4 is 52.4 Å². The molecule has 1 unspecified atom stereocenters. The van der Waals surface area contributed by atoms with Crippen molar-refractivity contribution in [3.05, 3.63) is 41.6 Å². The lowest BCUT2D eigenvalue weighted by Crippen LogP contribution is -2.48. The van der Waals surface area contributed by atoms with Gasteiger partial charge in [0, 0.05) is 69.9 Å². The Morgan fingerprint density at radius 1 is 1.04 bits per heavy atom. The Hall–Kier alpha value is -4.12. The number of nitrogen functional groups attached to an aromatic ring is 1. The summed E-state index contributed by atoms with van der Waals surface area (Å²) >= 11 is 0.950. The Bertz CT molecular complexity index is 1560. The summed E-state index contributed by atoms with van der Waals surface area (Å²) in [6, 6.07) is 7.13. The highest BCUT2D eigenvalue weighted by molar-refractivity contribution is 8.00. The topological polar surface area (TPSA) is 214 Å². The molecule has 3 aromatic rings. The van der Waals surface area contributed by atoms with Crippen molar-refractivity contribution in [3.8, 4) is 5.75 Å². The van der Waals surface area contributed by atoms with Gasteiger partial charge in [0.25, 0.3) is 0 Å². The number of carboxylic acid groups (broad SMARTS) is 2. The molecule has 4 rings (SSSR count). The first-order chi connectivity index (χ1) is 23.6.